The standard InChI is InChI=1S/C23H35N5O2.HI/c1-5-24-23(26-16-22-27-17(2)18(3)30-22)25-15-20(28-13-9-6-10-14-28)19-11-7-8-12-21(19)29-4;/h7-8,11-12,20H,5-6,9-10,13-16H2,1-4H3,(H2,24,25,26);1H. The van der Waals surface area contributed by atoms with Crippen LogP contribution < -0.4 is 15.4 Å². The summed E-state index contributed by atoms with van der Waals surface area (Å²) in [4.78, 5) is 11.7. The fourth-order valence-corrected chi connectivity index (χ4v) is 3.90. The van der Waals surface area contributed by atoms with Gasteiger partial charge in [0.05, 0.1) is 18.8 Å². The van der Waals surface area contributed by atoms with Crippen molar-refractivity contribution < 1.29 is 9.15 Å². The zero-order chi connectivity index (χ0) is 21.3. The number of likely N-dealkylation sites (tertiary alicyclic amines) is 1. The van der Waals surface area contributed by atoms with E-state index < -0.39 is 0 Å². The zero-order valence-electron chi connectivity index (χ0n) is 19.1. The Labute approximate surface area is 203 Å². The Hall–Kier alpha value is -1.81. The number of para-hydroxylation sites is 1. The van der Waals surface area contributed by atoms with Crippen molar-refractivity contribution in [3.8, 4) is 5.75 Å². The highest BCUT2D eigenvalue weighted by atomic mass is 127. The summed E-state index contributed by atoms with van der Waals surface area (Å²) in [5.41, 5.74) is 2.13. The van der Waals surface area contributed by atoms with Gasteiger partial charge in [-0.25, -0.2) is 9.98 Å². The fraction of sp³-hybridized carbons (Fsp3) is 0.565. The molecule has 0 radical (unpaired) electrons. The van der Waals surface area contributed by atoms with Crippen LogP contribution in [0.1, 0.15) is 55.1 Å². The third-order valence-electron chi connectivity index (χ3n) is 5.58. The molecule has 0 bridgehead atoms. The average molecular weight is 541 g/mol. The number of piperidine rings is 1. The lowest BCUT2D eigenvalue weighted by Gasteiger charge is -2.35. The number of rotatable bonds is 8. The molecule has 1 saturated heterocycles. The molecule has 0 saturated carbocycles. The number of aryl methyl sites for hydroxylation is 2. The Morgan fingerprint density at radius 3 is 2.58 bits per heavy atom. The van der Waals surface area contributed by atoms with Gasteiger partial charge in [-0.3, -0.25) is 4.90 Å². The number of oxazole rings is 1. The second kappa shape index (κ2) is 12.9. The van der Waals surface area contributed by atoms with E-state index in [4.69, 9.17) is 9.15 Å². The van der Waals surface area contributed by atoms with Gasteiger partial charge < -0.3 is 19.8 Å². The third-order valence-corrected chi connectivity index (χ3v) is 5.58. The normalized spacial score (nSPS) is 15.8. The van der Waals surface area contributed by atoms with Crippen molar-refractivity contribution in [2.45, 2.75) is 52.6 Å². The summed E-state index contributed by atoms with van der Waals surface area (Å²) in [5.74, 6) is 3.18. The summed E-state index contributed by atoms with van der Waals surface area (Å²) in [6.45, 7) is 10.1. The van der Waals surface area contributed by atoms with Crippen LogP contribution in [0.4, 0.5) is 0 Å². The largest absolute Gasteiger partial charge is 0.496 e. The molecule has 1 unspecified atom stereocenters. The summed E-state index contributed by atoms with van der Waals surface area (Å²) < 4.78 is 11.3. The number of hydrogen-bond acceptors (Lipinski definition) is 5. The van der Waals surface area contributed by atoms with Gasteiger partial charge in [0.1, 0.15) is 18.1 Å². The van der Waals surface area contributed by atoms with Gasteiger partial charge in [-0.05, 0) is 52.8 Å². The lowest BCUT2D eigenvalue weighted by atomic mass is 10.0. The average Bonchev–Trinajstić information content (AvgIpc) is 3.10. The second-order valence-corrected chi connectivity index (χ2v) is 7.68. The van der Waals surface area contributed by atoms with E-state index in [1.165, 1.54) is 24.8 Å². The number of ether oxygens (including phenoxy) is 1. The Morgan fingerprint density at radius 1 is 1.19 bits per heavy atom. The van der Waals surface area contributed by atoms with Crippen LogP contribution in [0.25, 0.3) is 0 Å². The number of hydrogen-bond donors (Lipinski definition) is 2. The van der Waals surface area contributed by atoms with Crippen molar-refractivity contribution >= 4 is 29.9 Å². The molecule has 172 valence electrons. The molecule has 1 aliphatic rings. The minimum absolute atomic E-state index is 0. The van der Waals surface area contributed by atoms with Crippen LogP contribution in [0.2, 0.25) is 0 Å². The van der Waals surface area contributed by atoms with Crippen molar-refractivity contribution in [2.24, 2.45) is 4.99 Å². The molecule has 2 N–H and O–H groups in total. The number of nitrogens with one attached hydrogen (secondary N) is 2. The van der Waals surface area contributed by atoms with Gasteiger partial charge in [0.25, 0.3) is 0 Å². The van der Waals surface area contributed by atoms with Crippen molar-refractivity contribution in [3.05, 3.63) is 47.2 Å². The second-order valence-electron chi connectivity index (χ2n) is 7.68. The topological polar surface area (TPSA) is 74.9 Å². The maximum atomic E-state index is 5.67. The van der Waals surface area contributed by atoms with E-state index in [0.717, 1.165) is 49.3 Å². The number of nitrogens with zero attached hydrogens (tertiary/aromatic N) is 3. The lowest BCUT2D eigenvalue weighted by Crippen LogP contribution is -2.44. The Kier molecular flexibility index (Phi) is 10.6. The van der Waals surface area contributed by atoms with E-state index in [1.54, 1.807) is 7.11 Å². The van der Waals surface area contributed by atoms with E-state index in [9.17, 15) is 0 Å². The molecule has 2 heterocycles. The summed E-state index contributed by atoms with van der Waals surface area (Å²) >= 11 is 0. The number of benzene rings is 1. The molecular formula is C23H36IN5O2. The lowest BCUT2D eigenvalue weighted by molar-refractivity contribution is 0.161. The highest BCUT2D eigenvalue weighted by Gasteiger charge is 2.25. The highest BCUT2D eigenvalue weighted by Crippen LogP contribution is 2.30. The van der Waals surface area contributed by atoms with Crippen molar-refractivity contribution in [1.82, 2.24) is 20.5 Å². The first-order chi connectivity index (χ1) is 14.6. The fourth-order valence-electron chi connectivity index (χ4n) is 3.90. The maximum absolute atomic E-state index is 5.67. The number of guanidine groups is 1. The summed E-state index contributed by atoms with van der Waals surface area (Å²) in [7, 11) is 1.74. The first-order valence-corrected chi connectivity index (χ1v) is 10.9. The van der Waals surface area contributed by atoms with Crippen LogP contribution in [-0.2, 0) is 6.54 Å². The summed E-state index contributed by atoms with van der Waals surface area (Å²) in [6.07, 6.45) is 3.78. The van der Waals surface area contributed by atoms with E-state index in [1.807, 2.05) is 26.0 Å². The number of aliphatic imine (C=N–C) groups is 1. The van der Waals surface area contributed by atoms with Gasteiger partial charge in [0.2, 0.25) is 5.89 Å². The molecule has 0 amide bonds. The first kappa shape index (κ1) is 25.5. The van der Waals surface area contributed by atoms with Gasteiger partial charge in [0.15, 0.2) is 5.96 Å². The summed E-state index contributed by atoms with van der Waals surface area (Å²) in [5, 5.41) is 6.86. The molecule has 1 fully saturated rings. The molecule has 3 rings (SSSR count). The molecular weight excluding hydrogens is 505 g/mol. The van der Waals surface area contributed by atoms with E-state index >= 15 is 0 Å². The predicted octanol–water partition coefficient (Wildman–Crippen LogP) is 4.20. The molecule has 2 aromatic rings. The van der Waals surface area contributed by atoms with E-state index in [0.29, 0.717) is 12.4 Å². The van der Waals surface area contributed by atoms with Gasteiger partial charge in [-0.15, -0.1) is 24.0 Å². The third kappa shape index (κ3) is 7.10. The van der Waals surface area contributed by atoms with Crippen molar-refractivity contribution in [2.75, 3.05) is 33.3 Å². The molecule has 7 nitrogen and oxygen atoms in total. The molecule has 31 heavy (non-hydrogen) atoms. The molecule has 1 aliphatic heterocycles. The van der Waals surface area contributed by atoms with Crippen LogP contribution >= 0.6 is 24.0 Å². The molecule has 8 heteroatoms. The van der Waals surface area contributed by atoms with Crippen LogP contribution in [0.5, 0.6) is 5.75 Å². The van der Waals surface area contributed by atoms with Gasteiger partial charge in [0, 0.05) is 18.7 Å². The smallest absolute Gasteiger partial charge is 0.216 e. The van der Waals surface area contributed by atoms with Crippen molar-refractivity contribution in [1.29, 1.82) is 0 Å². The maximum Gasteiger partial charge on any atom is 0.216 e. The molecule has 1 atom stereocenters. The molecule has 0 spiro atoms. The highest BCUT2D eigenvalue weighted by molar-refractivity contribution is 14.0. The van der Waals surface area contributed by atoms with Crippen LogP contribution in [0.3, 0.4) is 0 Å². The van der Waals surface area contributed by atoms with Crippen LogP contribution in [0.15, 0.2) is 33.7 Å². The number of halogens is 1. The van der Waals surface area contributed by atoms with Crippen molar-refractivity contribution in [3.63, 3.8) is 0 Å². The predicted molar refractivity (Wildman–Crippen MR) is 135 cm³/mol. The minimum Gasteiger partial charge on any atom is -0.496 e. The molecule has 0 aliphatic carbocycles. The monoisotopic (exact) mass is 541 g/mol. The Morgan fingerprint density at radius 2 is 1.94 bits per heavy atom. The zero-order valence-corrected chi connectivity index (χ0v) is 21.4. The van der Waals surface area contributed by atoms with Gasteiger partial charge in [-0.1, -0.05) is 24.6 Å². The van der Waals surface area contributed by atoms with E-state index in [2.05, 4.69) is 44.6 Å². The number of methoxy groups -OCH3 is 1. The van der Waals surface area contributed by atoms with E-state index in [-0.39, 0.29) is 30.0 Å². The van der Waals surface area contributed by atoms with Crippen LogP contribution in [0, 0.1) is 13.8 Å². The quantitative estimate of drug-likeness (QED) is 0.297. The first-order valence-electron chi connectivity index (χ1n) is 10.9. The molecule has 1 aromatic heterocycles. The Bertz CT molecular complexity index is 814. The van der Waals surface area contributed by atoms with Crippen LogP contribution in [-0.4, -0.2) is 49.1 Å². The Balaban J connectivity index is 0.00000341. The minimum atomic E-state index is 0. The SMILES string of the molecule is CCNC(=NCc1nc(C)c(C)o1)NCC(c1ccccc1OC)N1CCCCC1.I. The van der Waals surface area contributed by atoms with Gasteiger partial charge in [-0.2, -0.15) is 0 Å². The molecule has 1 aromatic carbocycles. The van der Waals surface area contributed by atoms with Gasteiger partial charge >= 0.3 is 0 Å². The number of aromatic nitrogens is 1. The summed E-state index contributed by atoms with van der Waals surface area (Å²) in [6, 6.07) is 8.54.